The second-order valence-electron chi connectivity index (χ2n) is 2.02. The van der Waals surface area contributed by atoms with E-state index < -0.39 is 5.97 Å². The summed E-state index contributed by atoms with van der Waals surface area (Å²) in [4.78, 5) is 10.6. The largest absolute Gasteiger partial charge is 0.343 e. The zero-order chi connectivity index (χ0) is 9.45. The zero-order valence-corrected chi connectivity index (χ0v) is 9.89. The predicted octanol–water partition coefficient (Wildman–Crippen LogP) is 0.946. The maximum Gasteiger partial charge on any atom is 0.343 e. The van der Waals surface area contributed by atoms with E-state index >= 15 is 0 Å². The summed E-state index contributed by atoms with van der Waals surface area (Å²) in [5, 5.41) is 0. The van der Waals surface area contributed by atoms with E-state index in [0.29, 0.717) is 26.1 Å². The molecule has 0 heterocycles. The van der Waals surface area contributed by atoms with E-state index in [4.69, 9.17) is 14.2 Å². The molecule has 0 aliphatic heterocycles. The average molecular weight is 224 g/mol. The van der Waals surface area contributed by atoms with Gasteiger partial charge in [-0.25, -0.2) is 0 Å². The van der Waals surface area contributed by atoms with Gasteiger partial charge in [-0.1, -0.05) is 0 Å². The molecule has 0 aliphatic carbocycles. The number of rotatable bonds is 7. The molecule has 0 rings (SSSR count). The number of carbonyl (C=O) groups excluding carboxylic acids is 1. The van der Waals surface area contributed by atoms with Crippen LogP contribution in [-0.2, 0) is 40.7 Å². The molecule has 0 N–H and O–H groups in total. The van der Waals surface area contributed by atoms with Gasteiger partial charge in [0.25, 0.3) is 0 Å². The topological polar surface area (TPSA) is 44.8 Å². The van der Waals surface area contributed by atoms with Crippen molar-refractivity contribution < 1.29 is 40.7 Å². The summed E-state index contributed by atoms with van der Waals surface area (Å²) in [7, 11) is 0. The zero-order valence-electron chi connectivity index (χ0n) is 8.33. The van der Waals surface area contributed by atoms with Crippen molar-refractivity contribution in [2.75, 3.05) is 19.8 Å². The van der Waals surface area contributed by atoms with Crippen molar-refractivity contribution in [1.82, 2.24) is 0 Å². The predicted molar refractivity (Wildman–Crippen MR) is 43.7 cm³/mol. The van der Waals surface area contributed by atoms with E-state index in [1.807, 2.05) is 0 Å². The summed E-state index contributed by atoms with van der Waals surface area (Å²) in [5.41, 5.74) is 0. The van der Waals surface area contributed by atoms with Crippen LogP contribution in [0.15, 0.2) is 0 Å². The molecule has 5 heteroatoms. The summed E-state index contributed by atoms with van der Waals surface area (Å²) < 4.78 is 15.1. The number of ether oxygens (including phenoxy) is 3. The summed E-state index contributed by atoms with van der Waals surface area (Å²) in [6, 6.07) is 0. The first-order valence-corrected chi connectivity index (χ1v) is 4.12. The van der Waals surface area contributed by atoms with E-state index in [1.165, 1.54) is 0 Å². The van der Waals surface area contributed by atoms with E-state index in [9.17, 15) is 4.79 Å². The third-order valence-electron chi connectivity index (χ3n) is 1.18. The van der Waals surface area contributed by atoms with Gasteiger partial charge in [0.15, 0.2) is 0 Å². The maximum absolute atomic E-state index is 10.6. The Labute approximate surface area is 93.8 Å². The van der Waals surface area contributed by atoms with Crippen LogP contribution in [0.3, 0.4) is 0 Å². The Morgan fingerprint density at radius 1 is 1.00 bits per heavy atom. The standard InChI is InChI=1S/C8H16O4.Ti/c1-4-10-8(7-9,11-5-2)12-6-3;/h7H,4-6H2,1-3H3;. The van der Waals surface area contributed by atoms with E-state index in [-0.39, 0.29) is 21.7 Å². The van der Waals surface area contributed by atoms with Gasteiger partial charge in [-0.2, -0.15) is 0 Å². The van der Waals surface area contributed by atoms with Crippen molar-refractivity contribution in [2.24, 2.45) is 0 Å². The summed E-state index contributed by atoms with van der Waals surface area (Å²) in [6.07, 6.45) is 0.531. The second kappa shape index (κ2) is 8.84. The van der Waals surface area contributed by atoms with Crippen LogP contribution in [0.5, 0.6) is 0 Å². The first kappa shape index (κ1) is 15.7. The minimum atomic E-state index is -1.49. The van der Waals surface area contributed by atoms with Crippen molar-refractivity contribution in [1.29, 1.82) is 0 Å². The van der Waals surface area contributed by atoms with Gasteiger partial charge in [0.2, 0.25) is 6.29 Å². The molecular weight excluding hydrogens is 208 g/mol. The fraction of sp³-hybridized carbons (Fsp3) is 0.875. The van der Waals surface area contributed by atoms with Gasteiger partial charge in [-0.3, -0.25) is 4.79 Å². The van der Waals surface area contributed by atoms with Crippen LogP contribution < -0.4 is 0 Å². The van der Waals surface area contributed by atoms with Crippen LogP contribution in [-0.4, -0.2) is 32.1 Å². The normalized spacial score (nSPS) is 10.7. The Bertz CT molecular complexity index is 112. The first-order valence-electron chi connectivity index (χ1n) is 4.12. The number of hydrogen-bond acceptors (Lipinski definition) is 4. The molecule has 4 nitrogen and oxygen atoms in total. The quantitative estimate of drug-likeness (QED) is 0.367. The number of aldehydes is 1. The van der Waals surface area contributed by atoms with Gasteiger partial charge in [-0.15, -0.1) is 0 Å². The Morgan fingerprint density at radius 3 is 1.46 bits per heavy atom. The molecule has 0 saturated carbocycles. The summed E-state index contributed by atoms with van der Waals surface area (Å²) in [6.45, 7) is 6.44. The Balaban J connectivity index is 0. The third kappa shape index (κ3) is 5.55. The fourth-order valence-electron chi connectivity index (χ4n) is 0.831. The summed E-state index contributed by atoms with van der Waals surface area (Å²) >= 11 is 0. The van der Waals surface area contributed by atoms with Gasteiger partial charge in [0.05, 0.1) is 19.8 Å². The maximum atomic E-state index is 10.6. The van der Waals surface area contributed by atoms with Gasteiger partial charge in [-0.05, 0) is 20.8 Å². The van der Waals surface area contributed by atoms with Crippen LogP contribution in [0.1, 0.15) is 20.8 Å². The van der Waals surface area contributed by atoms with Gasteiger partial charge < -0.3 is 14.2 Å². The molecule has 0 aromatic rings. The molecule has 0 bridgehead atoms. The molecule has 0 amide bonds. The Kier molecular flexibility index (Phi) is 10.7. The van der Waals surface area contributed by atoms with Crippen LogP contribution in [0.25, 0.3) is 0 Å². The van der Waals surface area contributed by atoms with Crippen molar-refractivity contribution >= 4 is 6.29 Å². The molecule has 0 fully saturated rings. The van der Waals surface area contributed by atoms with E-state index in [0.717, 1.165) is 0 Å². The Hall–Kier alpha value is 0.264. The molecule has 0 spiro atoms. The van der Waals surface area contributed by atoms with Crippen LogP contribution in [0.2, 0.25) is 0 Å². The molecule has 0 saturated heterocycles. The Morgan fingerprint density at radius 2 is 1.31 bits per heavy atom. The number of hydrogen-bond donors (Lipinski definition) is 0. The average Bonchev–Trinajstić information content (AvgIpc) is 2.06. The third-order valence-corrected chi connectivity index (χ3v) is 1.18. The molecule has 0 aromatic heterocycles. The monoisotopic (exact) mass is 224 g/mol. The van der Waals surface area contributed by atoms with E-state index in [1.54, 1.807) is 20.8 Å². The van der Waals surface area contributed by atoms with Crippen molar-refractivity contribution in [3.8, 4) is 0 Å². The van der Waals surface area contributed by atoms with Crippen molar-refractivity contribution in [2.45, 2.75) is 26.7 Å². The van der Waals surface area contributed by atoms with Crippen molar-refractivity contribution in [3.63, 3.8) is 0 Å². The van der Waals surface area contributed by atoms with Crippen LogP contribution >= 0.6 is 0 Å². The smallest absolute Gasteiger partial charge is 0.322 e. The first-order chi connectivity index (χ1) is 5.74. The van der Waals surface area contributed by atoms with Crippen LogP contribution in [0, 0.1) is 0 Å². The van der Waals surface area contributed by atoms with E-state index in [2.05, 4.69) is 0 Å². The molecule has 0 atom stereocenters. The molecule has 0 aliphatic rings. The van der Waals surface area contributed by atoms with Crippen molar-refractivity contribution in [3.05, 3.63) is 0 Å². The minimum Gasteiger partial charge on any atom is -0.322 e. The molecule has 0 radical (unpaired) electrons. The van der Waals surface area contributed by atoms with Gasteiger partial charge >= 0.3 is 5.97 Å². The molecule has 76 valence electrons. The van der Waals surface area contributed by atoms with Gasteiger partial charge in [0, 0.05) is 21.7 Å². The number of carbonyl (C=O) groups is 1. The molecular formula is C8H16O4Ti. The summed E-state index contributed by atoms with van der Waals surface area (Å²) in [5.74, 6) is -1.49. The SMILES string of the molecule is CCOC(C=O)(OCC)OCC.[Ti]. The van der Waals surface area contributed by atoms with Crippen LogP contribution in [0.4, 0.5) is 0 Å². The minimum absolute atomic E-state index is 0. The molecule has 13 heavy (non-hydrogen) atoms. The molecule has 0 unspecified atom stereocenters. The second-order valence-corrected chi connectivity index (χ2v) is 2.02. The van der Waals surface area contributed by atoms with Gasteiger partial charge in [0.1, 0.15) is 0 Å². The molecule has 0 aromatic carbocycles. The fourth-order valence-corrected chi connectivity index (χ4v) is 0.831.